The second-order valence-electron chi connectivity index (χ2n) is 6.27. The number of nitrogens with zero attached hydrogens (tertiary/aromatic N) is 2. The van der Waals surface area contributed by atoms with Crippen LogP contribution in [-0.4, -0.2) is 21.6 Å². The number of carbonyl (C=O) groups is 1. The number of rotatable bonds is 5. The molecule has 2 aromatic heterocycles. The van der Waals surface area contributed by atoms with Crippen molar-refractivity contribution >= 4 is 22.6 Å². The number of pyridine rings is 1. The Kier molecular flexibility index (Phi) is 5.03. The van der Waals surface area contributed by atoms with Gasteiger partial charge < -0.3 is 9.88 Å². The lowest BCUT2D eigenvalue weighted by atomic mass is 9.91. The summed E-state index contributed by atoms with van der Waals surface area (Å²) in [6, 6.07) is 10.1. The summed E-state index contributed by atoms with van der Waals surface area (Å²) in [5.74, 6) is -2.14. The van der Waals surface area contributed by atoms with Crippen LogP contribution >= 0.6 is 0 Å². The van der Waals surface area contributed by atoms with Gasteiger partial charge in [0.2, 0.25) is 5.91 Å². The number of carbonyl (C=O) groups excluding carboxylic acids is 1. The van der Waals surface area contributed by atoms with E-state index >= 15 is 0 Å². The first-order valence-corrected chi connectivity index (χ1v) is 8.28. The highest BCUT2D eigenvalue weighted by atomic mass is 19.4. The number of aryl methyl sites for hydroxylation is 1. The van der Waals surface area contributed by atoms with Gasteiger partial charge in [-0.25, -0.2) is 4.98 Å². The number of fused-ring (bicyclic) bond motifs is 1. The van der Waals surface area contributed by atoms with Crippen LogP contribution in [-0.2, 0) is 18.3 Å². The molecule has 3 rings (SSSR count). The quantitative estimate of drug-likeness (QED) is 0.665. The maximum atomic E-state index is 13.9. The molecule has 1 aromatic carbocycles. The molecular weight excluding hydrogens is 355 g/mol. The Morgan fingerprint density at radius 2 is 2.04 bits per heavy atom. The highest BCUT2D eigenvalue weighted by molar-refractivity contribution is 6.00. The maximum absolute atomic E-state index is 13.9. The average molecular weight is 373 g/mol. The second-order valence-corrected chi connectivity index (χ2v) is 6.27. The molecule has 4 nitrogen and oxygen atoms in total. The number of amides is 1. The van der Waals surface area contributed by atoms with E-state index in [0.29, 0.717) is 22.3 Å². The molecule has 0 aliphatic heterocycles. The molecule has 0 saturated carbocycles. The number of benzene rings is 1. The van der Waals surface area contributed by atoms with Gasteiger partial charge in [-0.15, -0.1) is 0 Å². The fourth-order valence-electron chi connectivity index (χ4n) is 3.08. The Morgan fingerprint density at radius 3 is 2.67 bits per heavy atom. The van der Waals surface area contributed by atoms with E-state index in [2.05, 4.69) is 16.9 Å². The molecule has 0 aliphatic carbocycles. The molecule has 1 amide bonds. The monoisotopic (exact) mass is 373 g/mol. The zero-order valence-electron chi connectivity index (χ0n) is 14.6. The molecular formula is C20H18F3N3O. The number of hydrogen-bond acceptors (Lipinski definition) is 2. The third kappa shape index (κ3) is 4.02. The van der Waals surface area contributed by atoms with E-state index in [-0.39, 0.29) is 12.0 Å². The first kappa shape index (κ1) is 18.7. The lowest BCUT2D eigenvalue weighted by Gasteiger charge is -2.20. The largest absolute Gasteiger partial charge is 0.396 e. The highest BCUT2D eigenvalue weighted by Crippen LogP contribution is 2.41. The van der Waals surface area contributed by atoms with Crippen LogP contribution in [0.4, 0.5) is 18.9 Å². The summed E-state index contributed by atoms with van der Waals surface area (Å²) < 4.78 is 43.2. The van der Waals surface area contributed by atoms with Crippen molar-refractivity contribution in [3.05, 3.63) is 72.6 Å². The highest BCUT2D eigenvalue weighted by Gasteiger charge is 2.42. The van der Waals surface area contributed by atoms with Crippen molar-refractivity contribution in [3.63, 3.8) is 0 Å². The van der Waals surface area contributed by atoms with E-state index < -0.39 is 18.0 Å². The van der Waals surface area contributed by atoms with Gasteiger partial charge in [0, 0.05) is 18.6 Å². The van der Waals surface area contributed by atoms with Gasteiger partial charge in [0.25, 0.3) is 0 Å². The summed E-state index contributed by atoms with van der Waals surface area (Å²) in [6.45, 7) is 3.36. The van der Waals surface area contributed by atoms with Crippen molar-refractivity contribution in [2.75, 3.05) is 5.32 Å². The van der Waals surface area contributed by atoms with Gasteiger partial charge in [-0.1, -0.05) is 36.9 Å². The molecule has 1 atom stereocenters. The Morgan fingerprint density at radius 1 is 1.33 bits per heavy atom. The standard InChI is InChI=1S/C20H18F3N3O/c1-3-18(27)25-14-10-15-16(12-26(2)19(15)24-11-14)17(20(21,22)23)9-13-7-5-4-6-8-13/h3-8,10-12,17H,1,9H2,2H3,(H,25,27). The Balaban J connectivity index is 2.09. The lowest BCUT2D eigenvalue weighted by Crippen LogP contribution is -2.23. The van der Waals surface area contributed by atoms with Crippen molar-refractivity contribution in [2.45, 2.75) is 18.5 Å². The SMILES string of the molecule is C=CC(=O)Nc1cnc2c(c1)c(C(Cc1ccccc1)C(F)(F)F)cn2C. The maximum Gasteiger partial charge on any atom is 0.396 e. The fraction of sp³-hybridized carbons (Fsp3) is 0.200. The van der Waals surface area contributed by atoms with Gasteiger partial charge in [0.05, 0.1) is 17.8 Å². The van der Waals surface area contributed by atoms with Crippen LogP contribution in [0.2, 0.25) is 0 Å². The first-order chi connectivity index (χ1) is 12.8. The molecule has 1 unspecified atom stereocenters. The van der Waals surface area contributed by atoms with Crippen LogP contribution in [0, 0.1) is 0 Å². The Labute approximate surface area is 154 Å². The van der Waals surface area contributed by atoms with Gasteiger partial charge in [0.15, 0.2) is 0 Å². The summed E-state index contributed by atoms with van der Waals surface area (Å²) >= 11 is 0. The molecule has 0 spiro atoms. The predicted molar refractivity (Wildman–Crippen MR) is 98.5 cm³/mol. The molecule has 0 saturated heterocycles. The number of nitrogens with one attached hydrogen (secondary N) is 1. The third-order valence-electron chi connectivity index (χ3n) is 4.35. The number of anilines is 1. The van der Waals surface area contributed by atoms with Gasteiger partial charge in [-0.05, 0) is 29.7 Å². The number of aromatic nitrogens is 2. The van der Waals surface area contributed by atoms with Crippen molar-refractivity contribution in [3.8, 4) is 0 Å². The summed E-state index contributed by atoms with van der Waals surface area (Å²) in [7, 11) is 1.65. The third-order valence-corrected chi connectivity index (χ3v) is 4.35. The predicted octanol–water partition coefficient (Wildman–Crippen LogP) is 4.59. The number of alkyl halides is 3. The Bertz CT molecular complexity index is 977. The fourth-order valence-corrected chi connectivity index (χ4v) is 3.08. The number of hydrogen-bond donors (Lipinski definition) is 1. The summed E-state index contributed by atoms with van der Waals surface area (Å²) in [4.78, 5) is 15.7. The topological polar surface area (TPSA) is 46.9 Å². The van der Waals surface area contributed by atoms with E-state index in [9.17, 15) is 18.0 Å². The molecule has 0 bridgehead atoms. The molecule has 7 heteroatoms. The summed E-state index contributed by atoms with van der Waals surface area (Å²) in [5.41, 5.74) is 1.47. The molecule has 27 heavy (non-hydrogen) atoms. The summed E-state index contributed by atoms with van der Waals surface area (Å²) in [5, 5.41) is 2.90. The van der Waals surface area contributed by atoms with Gasteiger partial charge in [-0.2, -0.15) is 13.2 Å². The van der Waals surface area contributed by atoms with Crippen LogP contribution in [0.3, 0.4) is 0 Å². The van der Waals surface area contributed by atoms with Gasteiger partial charge in [-0.3, -0.25) is 4.79 Å². The van der Waals surface area contributed by atoms with E-state index in [1.54, 1.807) is 41.9 Å². The second kappa shape index (κ2) is 7.26. The molecule has 0 radical (unpaired) electrons. The van der Waals surface area contributed by atoms with E-state index in [1.165, 1.54) is 18.5 Å². The van der Waals surface area contributed by atoms with Crippen LogP contribution in [0.15, 0.2) is 61.4 Å². The molecule has 0 aliphatic rings. The molecule has 1 N–H and O–H groups in total. The zero-order chi connectivity index (χ0) is 19.6. The summed E-state index contributed by atoms with van der Waals surface area (Å²) in [6.07, 6.45) is -0.646. The van der Waals surface area contributed by atoms with Crippen LogP contribution < -0.4 is 5.32 Å². The molecule has 140 valence electrons. The van der Waals surface area contributed by atoms with Crippen molar-refractivity contribution in [1.29, 1.82) is 0 Å². The average Bonchev–Trinajstić information content (AvgIpc) is 2.95. The molecule has 3 aromatic rings. The van der Waals surface area contributed by atoms with Crippen molar-refractivity contribution in [1.82, 2.24) is 9.55 Å². The minimum atomic E-state index is -4.43. The molecule has 0 fully saturated rings. The molecule has 2 heterocycles. The van der Waals surface area contributed by atoms with E-state index in [0.717, 1.165) is 6.08 Å². The smallest absolute Gasteiger partial charge is 0.335 e. The van der Waals surface area contributed by atoms with Crippen molar-refractivity contribution < 1.29 is 18.0 Å². The Hall–Kier alpha value is -3.09. The van der Waals surface area contributed by atoms with Gasteiger partial charge in [0.1, 0.15) is 5.65 Å². The first-order valence-electron chi connectivity index (χ1n) is 8.28. The van der Waals surface area contributed by atoms with Crippen LogP contribution in [0.25, 0.3) is 11.0 Å². The van der Waals surface area contributed by atoms with Gasteiger partial charge >= 0.3 is 6.18 Å². The van der Waals surface area contributed by atoms with E-state index in [4.69, 9.17) is 0 Å². The normalized spacial score (nSPS) is 12.7. The lowest BCUT2D eigenvalue weighted by molar-refractivity contribution is -0.150. The zero-order valence-corrected chi connectivity index (χ0v) is 14.6. The minimum absolute atomic E-state index is 0.131. The van der Waals surface area contributed by atoms with E-state index in [1.807, 2.05) is 0 Å². The number of halogens is 3. The minimum Gasteiger partial charge on any atom is -0.335 e. The van der Waals surface area contributed by atoms with Crippen molar-refractivity contribution in [2.24, 2.45) is 7.05 Å². The van der Waals surface area contributed by atoms with Crippen LogP contribution in [0.1, 0.15) is 17.0 Å². The van der Waals surface area contributed by atoms with Crippen LogP contribution in [0.5, 0.6) is 0 Å².